The van der Waals surface area contributed by atoms with E-state index in [4.69, 9.17) is 0 Å². The quantitative estimate of drug-likeness (QED) is 0.508. The summed E-state index contributed by atoms with van der Waals surface area (Å²) in [7, 11) is 1.75. The van der Waals surface area contributed by atoms with Crippen molar-refractivity contribution in [1.29, 1.82) is 0 Å². The highest BCUT2D eigenvalue weighted by Crippen LogP contribution is 2.28. The molecule has 2 aromatic heterocycles. The minimum absolute atomic E-state index is 0.139. The molecule has 1 fully saturated rings. The van der Waals surface area contributed by atoms with Gasteiger partial charge in [-0.2, -0.15) is 5.10 Å². The highest BCUT2D eigenvalue weighted by Gasteiger charge is 2.26. The lowest BCUT2D eigenvalue weighted by Crippen LogP contribution is -2.39. The molecule has 33 heavy (non-hydrogen) atoms. The Balaban J connectivity index is 1.19. The van der Waals surface area contributed by atoms with Crippen LogP contribution in [-0.2, 0) is 11.3 Å². The van der Waals surface area contributed by atoms with E-state index in [0.717, 1.165) is 35.1 Å². The van der Waals surface area contributed by atoms with Crippen LogP contribution in [0, 0.1) is 0 Å². The summed E-state index contributed by atoms with van der Waals surface area (Å²) < 4.78 is 2.01. The first kappa shape index (κ1) is 21.0. The van der Waals surface area contributed by atoms with Gasteiger partial charge in [0.2, 0.25) is 5.91 Å². The van der Waals surface area contributed by atoms with Crippen LogP contribution in [-0.4, -0.2) is 51.6 Å². The minimum atomic E-state index is -0.143. The molecular weight excluding hydrogens is 414 g/mol. The van der Waals surface area contributed by atoms with E-state index in [1.807, 2.05) is 76.3 Å². The number of likely N-dealkylation sites (tertiary alicyclic amines) is 1. The average molecular weight is 442 g/mol. The summed E-state index contributed by atoms with van der Waals surface area (Å²) >= 11 is 0. The monoisotopic (exact) mass is 441 g/mol. The Labute approximate surface area is 192 Å². The maximum atomic E-state index is 12.9. The van der Waals surface area contributed by atoms with Crippen molar-refractivity contribution in [1.82, 2.24) is 19.7 Å². The lowest BCUT2D eigenvalue weighted by atomic mass is 9.93. The smallest absolute Gasteiger partial charge is 0.278 e. The van der Waals surface area contributed by atoms with Gasteiger partial charge >= 0.3 is 0 Å². The van der Waals surface area contributed by atoms with E-state index in [0.29, 0.717) is 25.3 Å². The van der Waals surface area contributed by atoms with Gasteiger partial charge in [0, 0.05) is 49.1 Å². The van der Waals surface area contributed by atoms with E-state index >= 15 is 0 Å². The van der Waals surface area contributed by atoms with Crippen LogP contribution in [0.25, 0.3) is 10.9 Å². The zero-order valence-corrected chi connectivity index (χ0v) is 18.6. The number of amides is 2. The second-order valence-electron chi connectivity index (χ2n) is 8.57. The number of aromatic amines is 1. The van der Waals surface area contributed by atoms with Crippen LogP contribution in [0.1, 0.15) is 34.9 Å². The van der Waals surface area contributed by atoms with Gasteiger partial charge in [0.05, 0.1) is 0 Å². The topological polar surface area (TPSA) is 74.2 Å². The van der Waals surface area contributed by atoms with Gasteiger partial charge in [-0.25, -0.2) is 0 Å². The maximum Gasteiger partial charge on any atom is 0.278 e. The van der Waals surface area contributed by atoms with E-state index in [9.17, 15) is 9.59 Å². The number of H-pyrrole nitrogens is 1. The number of anilines is 1. The largest absolute Gasteiger partial charge is 0.341 e. The molecule has 4 aromatic rings. The predicted molar refractivity (Wildman–Crippen MR) is 128 cm³/mol. The molecule has 168 valence electrons. The minimum Gasteiger partial charge on any atom is -0.341 e. The first-order valence-electron chi connectivity index (χ1n) is 11.3. The molecule has 2 aromatic carbocycles. The molecule has 0 atom stereocenters. The molecule has 1 aliphatic heterocycles. The van der Waals surface area contributed by atoms with Crippen LogP contribution in [0.3, 0.4) is 0 Å². The fraction of sp³-hybridized carbons (Fsp3) is 0.269. The SMILES string of the molecule is CN(C(=O)c1cc(C2CCN(C(=O)Cn3ccc4ccccc43)CC2)[nH]n1)c1ccccc1. The van der Waals surface area contributed by atoms with Gasteiger partial charge in [0.15, 0.2) is 5.69 Å². The summed E-state index contributed by atoms with van der Waals surface area (Å²) in [4.78, 5) is 29.3. The number of nitrogens with zero attached hydrogens (tertiary/aromatic N) is 4. The van der Waals surface area contributed by atoms with Crippen molar-refractivity contribution in [2.75, 3.05) is 25.0 Å². The zero-order chi connectivity index (χ0) is 22.8. The molecule has 1 N–H and O–H groups in total. The van der Waals surface area contributed by atoms with Gasteiger partial charge in [0.25, 0.3) is 5.91 Å². The molecule has 0 aliphatic carbocycles. The van der Waals surface area contributed by atoms with E-state index < -0.39 is 0 Å². The molecule has 7 heteroatoms. The second-order valence-corrected chi connectivity index (χ2v) is 8.57. The lowest BCUT2D eigenvalue weighted by molar-refractivity contribution is -0.132. The standard InChI is InChI=1S/C26H27N5O2/c1-29(21-8-3-2-4-9-21)26(33)23-17-22(27-28-23)19-11-14-30(15-12-19)25(32)18-31-16-13-20-7-5-6-10-24(20)31/h2-10,13,16-17,19H,11-12,14-15,18H2,1H3,(H,27,28). The molecule has 0 spiro atoms. The number of carbonyl (C=O) groups excluding carboxylic acids is 2. The number of piperidine rings is 1. The van der Waals surface area contributed by atoms with Gasteiger partial charge in [0.1, 0.15) is 6.54 Å². The van der Waals surface area contributed by atoms with E-state index in [1.165, 1.54) is 0 Å². The molecule has 0 unspecified atom stereocenters. The van der Waals surface area contributed by atoms with Gasteiger partial charge in [-0.05, 0) is 48.6 Å². The average Bonchev–Trinajstić information content (AvgIpc) is 3.52. The second kappa shape index (κ2) is 8.94. The van der Waals surface area contributed by atoms with E-state index in [-0.39, 0.29) is 17.7 Å². The number of carbonyl (C=O) groups is 2. The van der Waals surface area contributed by atoms with Gasteiger partial charge in [-0.3, -0.25) is 14.7 Å². The summed E-state index contributed by atoms with van der Waals surface area (Å²) in [5.41, 5.74) is 3.28. The van der Waals surface area contributed by atoms with Crippen molar-refractivity contribution < 1.29 is 9.59 Å². The number of rotatable bonds is 5. The number of hydrogen-bond acceptors (Lipinski definition) is 3. The summed E-state index contributed by atoms with van der Waals surface area (Å²) in [5.74, 6) is 0.257. The number of para-hydroxylation sites is 2. The van der Waals surface area contributed by atoms with Gasteiger partial charge in [-0.15, -0.1) is 0 Å². The van der Waals surface area contributed by atoms with Crippen molar-refractivity contribution >= 4 is 28.4 Å². The predicted octanol–water partition coefficient (Wildman–Crippen LogP) is 4.05. The van der Waals surface area contributed by atoms with Crippen LogP contribution < -0.4 is 4.90 Å². The molecule has 0 radical (unpaired) electrons. The number of benzene rings is 2. The number of hydrogen-bond donors (Lipinski definition) is 1. The molecule has 1 aliphatic rings. The van der Waals surface area contributed by atoms with Gasteiger partial charge < -0.3 is 14.4 Å². The molecule has 0 bridgehead atoms. The highest BCUT2D eigenvalue weighted by molar-refractivity contribution is 6.04. The molecule has 2 amide bonds. The van der Waals surface area contributed by atoms with Crippen LogP contribution >= 0.6 is 0 Å². The van der Waals surface area contributed by atoms with Crippen LogP contribution in [0.5, 0.6) is 0 Å². The fourth-order valence-corrected chi connectivity index (χ4v) is 4.56. The summed E-state index contributed by atoms with van der Waals surface area (Å²) in [5, 5.41) is 8.47. The molecule has 1 saturated heterocycles. The molecule has 3 heterocycles. The van der Waals surface area contributed by atoms with Crippen molar-refractivity contribution in [3.8, 4) is 0 Å². The number of nitrogens with one attached hydrogen (secondary N) is 1. The fourth-order valence-electron chi connectivity index (χ4n) is 4.56. The Morgan fingerprint density at radius 3 is 2.55 bits per heavy atom. The van der Waals surface area contributed by atoms with Crippen LogP contribution in [0.4, 0.5) is 5.69 Å². The van der Waals surface area contributed by atoms with Crippen molar-refractivity contribution in [3.63, 3.8) is 0 Å². The Morgan fingerprint density at radius 2 is 1.76 bits per heavy atom. The molecule has 5 rings (SSSR count). The van der Waals surface area contributed by atoms with E-state index in [1.54, 1.807) is 11.9 Å². The summed E-state index contributed by atoms with van der Waals surface area (Å²) in [6.07, 6.45) is 3.68. The number of fused-ring (bicyclic) bond motifs is 1. The number of aromatic nitrogens is 3. The lowest BCUT2D eigenvalue weighted by Gasteiger charge is -2.31. The third kappa shape index (κ3) is 4.26. The first-order chi connectivity index (χ1) is 16.1. The molecule has 7 nitrogen and oxygen atoms in total. The highest BCUT2D eigenvalue weighted by atomic mass is 16.2. The van der Waals surface area contributed by atoms with Crippen molar-refractivity contribution in [2.24, 2.45) is 0 Å². The Morgan fingerprint density at radius 1 is 1.03 bits per heavy atom. The Kier molecular flexibility index (Phi) is 5.69. The van der Waals surface area contributed by atoms with E-state index in [2.05, 4.69) is 16.3 Å². The third-order valence-corrected chi connectivity index (χ3v) is 6.54. The normalized spacial score (nSPS) is 14.5. The van der Waals surface area contributed by atoms with Crippen LogP contribution in [0.15, 0.2) is 72.9 Å². The first-order valence-corrected chi connectivity index (χ1v) is 11.3. The zero-order valence-electron chi connectivity index (χ0n) is 18.6. The van der Waals surface area contributed by atoms with Crippen molar-refractivity contribution in [2.45, 2.75) is 25.3 Å². The Hall–Kier alpha value is -3.87. The molecular formula is C26H27N5O2. The molecule has 0 saturated carbocycles. The third-order valence-electron chi connectivity index (χ3n) is 6.54. The Bertz CT molecular complexity index is 1270. The van der Waals surface area contributed by atoms with Crippen LogP contribution in [0.2, 0.25) is 0 Å². The van der Waals surface area contributed by atoms with Gasteiger partial charge in [-0.1, -0.05) is 36.4 Å². The maximum absolute atomic E-state index is 12.9. The van der Waals surface area contributed by atoms with Crippen molar-refractivity contribution in [3.05, 3.63) is 84.3 Å². The summed E-state index contributed by atoms with van der Waals surface area (Å²) in [6.45, 7) is 1.76. The summed E-state index contributed by atoms with van der Waals surface area (Å²) in [6, 6.07) is 21.5.